The molecule has 1 aromatic heterocycles. The summed E-state index contributed by atoms with van der Waals surface area (Å²) in [7, 11) is -3.70. The molecular formula is C20H21FN4O3S. The molecule has 0 saturated heterocycles. The molecule has 3 aromatic rings. The minimum Gasteiger partial charge on any atom is -0.424 e. The summed E-state index contributed by atoms with van der Waals surface area (Å²) in [6.07, 6.45) is 1.52. The summed E-state index contributed by atoms with van der Waals surface area (Å²) in [5, 5.41) is 9.17. The number of ether oxygens (including phenoxy) is 1. The largest absolute Gasteiger partial charge is 0.424 e. The molecule has 3 rings (SSSR count). The van der Waals surface area contributed by atoms with Gasteiger partial charge in [0.2, 0.25) is 10.0 Å². The summed E-state index contributed by atoms with van der Waals surface area (Å²) in [4.78, 5) is 0. The minimum absolute atomic E-state index is 0.194. The fourth-order valence-electron chi connectivity index (χ4n) is 2.67. The van der Waals surface area contributed by atoms with Crippen LogP contribution in [0.2, 0.25) is 0 Å². The Kier molecular flexibility index (Phi) is 6.40. The van der Waals surface area contributed by atoms with Gasteiger partial charge in [-0.25, -0.2) is 17.5 Å². The van der Waals surface area contributed by atoms with Gasteiger partial charge in [0, 0.05) is 12.0 Å². The van der Waals surface area contributed by atoms with Gasteiger partial charge >= 0.3 is 6.01 Å². The van der Waals surface area contributed by atoms with Crippen molar-refractivity contribution in [2.45, 2.75) is 26.4 Å². The molecule has 0 aliphatic carbocycles. The van der Waals surface area contributed by atoms with Crippen LogP contribution in [-0.4, -0.2) is 23.2 Å². The van der Waals surface area contributed by atoms with Crippen LogP contribution in [-0.2, 0) is 16.6 Å². The van der Waals surface area contributed by atoms with Crippen molar-refractivity contribution in [1.82, 2.24) is 19.5 Å². The quantitative estimate of drug-likeness (QED) is 0.602. The highest BCUT2D eigenvalue weighted by molar-refractivity contribution is 7.92. The van der Waals surface area contributed by atoms with Crippen molar-refractivity contribution in [3.8, 4) is 11.8 Å². The molecule has 0 aliphatic heterocycles. The fourth-order valence-corrected chi connectivity index (χ4v) is 3.68. The van der Waals surface area contributed by atoms with E-state index in [9.17, 15) is 12.8 Å². The summed E-state index contributed by atoms with van der Waals surface area (Å²) >= 11 is 0. The molecule has 0 unspecified atom stereocenters. The maximum Gasteiger partial charge on any atom is 0.322 e. The van der Waals surface area contributed by atoms with Crippen molar-refractivity contribution in [3.05, 3.63) is 77.2 Å². The molecule has 0 saturated carbocycles. The lowest BCUT2D eigenvalue weighted by molar-refractivity contribution is 0.407. The molecule has 152 valence electrons. The van der Waals surface area contributed by atoms with Crippen LogP contribution in [0.5, 0.6) is 11.8 Å². The standard InChI is InChI=1S/C20H21FN4O3S/c1-3-25-19(22-23-20(25)28-18-11-9-17(21)10-12-18)15(2)24-29(26,27)14-13-16-7-5-4-6-8-16/h4-15,24H,3H2,1-2H3/t15-/m1/s1. The summed E-state index contributed by atoms with van der Waals surface area (Å²) in [6, 6.07) is 14.2. The molecule has 2 aromatic carbocycles. The molecule has 0 bridgehead atoms. The summed E-state index contributed by atoms with van der Waals surface area (Å²) in [5.41, 5.74) is 0.775. The van der Waals surface area contributed by atoms with Crippen LogP contribution in [0.1, 0.15) is 31.3 Å². The number of hydrogen-bond acceptors (Lipinski definition) is 5. The molecular weight excluding hydrogens is 395 g/mol. The van der Waals surface area contributed by atoms with Crippen molar-refractivity contribution >= 4 is 16.1 Å². The lowest BCUT2D eigenvalue weighted by Gasteiger charge is -2.14. The average Bonchev–Trinajstić information content (AvgIpc) is 3.11. The second-order valence-electron chi connectivity index (χ2n) is 6.24. The van der Waals surface area contributed by atoms with E-state index in [1.165, 1.54) is 30.3 Å². The topological polar surface area (TPSA) is 86.1 Å². The highest BCUT2D eigenvalue weighted by Crippen LogP contribution is 2.23. The number of rotatable bonds is 8. The number of nitrogens with one attached hydrogen (secondary N) is 1. The third-order valence-electron chi connectivity index (χ3n) is 4.05. The predicted octanol–water partition coefficient (Wildman–Crippen LogP) is 3.88. The first kappa shape index (κ1) is 20.7. The summed E-state index contributed by atoms with van der Waals surface area (Å²) in [5.74, 6) is 0.432. The molecule has 1 atom stereocenters. The average molecular weight is 416 g/mol. The van der Waals surface area contributed by atoms with Gasteiger partial charge in [0.25, 0.3) is 0 Å². The van der Waals surface area contributed by atoms with Crippen LogP contribution in [0.15, 0.2) is 60.0 Å². The second-order valence-corrected chi connectivity index (χ2v) is 7.84. The van der Waals surface area contributed by atoms with E-state index in [1.807, 2.05) is 37.3 Å². The van der Waals surface area contributed by atoms with Gasteiger partial charge in [-0.3, -0.25) is 4.57 Å². The van der Waals surface area contributed by atoms with Crippen LogP contribution in [0, 0.1) is 5.82 Å². The lowest BCUT2D eigenvalue weighted by Crippen LogP contribution is -2.27. The molecule has 0 radical (unpaired) electrons. The zero-order valence-electron chi connectivity index (χ0n) is 16.0. The highest BCUT2D eigenvalue weighted by Gasteiger charge is 2.21. The fraction of sp³-hybridized carbons (Fsp3) is 0.200. The van der Waals surface area contributed by atoms with E-state index >= 15 is 0 Å². The lowest BCUT2D eigenvalue weighted by atomic mass is 10.2. The van der Waals surface area contributed by atoms with Gasteiger partial charge in [-0.1, -0.05) is 35.4 Å². The number of hydrogen-bond donors (Lipinski definition) is 1. The first-order valence-electron chi connectivity index (χ1n) is 9.00. The van der Waals surface area contributed by atoms with Crippen LogP contribution < -0.4 is 9.46 Å². The zero-order valence-corrected chi connectivity index (χ0v) is 16.8. The van der Waals surface area contributed by atoms with Gasteiger partial charge in [-0.05, 0) is 49.8 Å². The molecule has 9 heteroatoms. The Balaban J connectivity index is 1.75. The third-order valence-corrected chi connectivity index (χ3v) is 5.23. The zero-order chi connectivity index (χ0) is 20.9. The smallest absolute Gasteiger partial charge is 0.322 e. The van der Waals surface area contributed by atoms with Gasteiger partial charge in [-0.2, -0.15) is 0 Å². The molecule has 0 spiro atoms. The molecule has 7 nitrogen and oxygen atoms in total. The number of halogens is 1. The molecule has 1 N–H and O–H groups in total. The van der Waals surface area contributed by atoms with E-state index in [1.54, 1.807) is 11.5 Å². The van der Waals surface area contributed by atoms with Crippen molar-refractivity contribution in [3.63, 3.8) is 0 Å². The van der Waals surface area contributed by atoms with Crippen LogP contribution in [0.3, 0.4) is 0 Å². The number of nitrogens with zero attached hydrogens (tertiary/aromatic N) is 3. The van der Waals surface area contributed by atoms with Gasteiger partial charge < -0.3 is 4.74 Å². The Hall–Kier alpha value is -3.04. The van der Waals surface area contributed by atoms with E-state index in [2.05, 4.69) is 14.9 Å². The van der Waals surface area contributed by atoms with E-state index in [-0.39, 0.29) is 11.8 Å². The van der Waals surface area contributed by atoms with E-state index in [4.69, 9.17) is 4.74 Å². The normalized spacial score (nSPS) is 12.9. The maximum absolute atomic E-state index is 13.1. The van der Waals surface area contributed by atoms with Crippen molar-refractivity contribution in [2.24, 2.45) is 0 Å². The summed E-state index contributed by atoms with van der Waals surface area (Å²) < 4.78 is 47.7. The van der Waals surface area contributed by atoms with Gasteiger partial charge in [-0.15, -0.1) is 5.10 Å². The Labute approximate surface area is 168 Å². The van der Waals surface area contributed by atoms with E-state index in [0.717, 1.165) is 11.0 Å². The molecule has 1 heterocycles. The first-order valence-corrected chi connectivity index (χ1v) is 10.5. The molecule has 0 aliphatic rings. The van der Waals surface area contributed by atoms with Crippen molar-refractivity contribution in [1.29, 1.82) is 0 Å². The Morgan fingerprint density at radius 1 is 1.14 bits per heavy atom. The van der Waals surface area contributed by atoms with Crippen molar-refractivity contribution in [2.75, 3.05) is 0 Å². The number of sulfonamides is 1. The first-order chi connectivity index (χ1) is 13.9. The van der Waals surface area contributed by atoms with Gasteiger partial charge in [0.05, 0.1) is 6.04 Å². The minimum atomic E-state index is -3.70. The van der Waals surface area contributed by atoms with Crippen LogP contribution >= 0.6 is 0 Å². The van der Waals surface area contributed by atoms with Crippen LogP contribution in [0.4, 0.5) is 4.39 Å². The number of aromatic nitrogens is 3. The van der Waals surface area contributed by atoms with E-state index < -0.39 is 16.1 Å². The van der Waals surface area contributed by atoms with Crippen LogP contribution in [0.25, 0.3) is 6.08 Å². The highest BCUT2D eigenvalue weighted by atomic mass is 32.2. The molecule has 0 amide bonds. The molecule has 29 heavy (non-hydrogen) atoms. The summed E-state index contributed by atoms with van der Waals surface area (Å²) in [6.45, 7) is 4.00. The predicted molar refractivity (Wildman–Crippen MR) is 108 cm³/mol. The number of benzene rings is 2. The maximum atomic E-state index is 13.1. The third kappa shape index (κ3) is 5.49. The Morgan fingerprint density at radius 3 is 2.48 bits per heavy atom. The Morgan fingerprint density at radius 2 is 1.83 bits per heavy atom. The van der Waals surface area contributed by atoms with Crippen molar-refractivity contribution < 1.29 is 17.5 Å². The molecule has 0 fully saturated rings. The van der Waals surface area contributed by atoms with Gasteiger partial charge in [0.15, 0.2) is 5.82 Å². The van der Waals surface area contributed by atoms with E-state index in [0.29, 0.717) is 18.1 Å². The second kappa shape index (κ2) is 8.97. The van der Waals surface area contributed by atoms with Gasteiger partial charge in [0.1, 0.15) is 11.6 Å². The SMILES string of the molecule is CCn1c(Oc2ccc(F)cc2)nnc1[C@@H](C)NS(=O)(=O)C=Cc1ccccc1. The Bertz CT molecular complexity index is 1080. The monoisotopic (exact) mass is 416 g/mol.